The molecule has 0 spiro atoms. The van der Waals surface area contributed by atoms with E-state index in [-0.39, 0.29) is 5.91 Å². The third-order valence-electron chi connectivity index (χ3n) is 3.20. The minimum absolute atomic E-state index is 0.128. The van der Waals surface area contributed by atoms with Crippen LogP contribution in [0.4, 0.5) is 0 Å². The summed E-state index contributed by atoms with van der Waals surface area (Å²) in [4.78, 5) is 12.1. The first kappa shape index (κ1) is 16.8. The van der Waals surface area contributed by atoms with Gasteiger partial charge in [-0.1, -0.05) is 18.2 Å². The average Bonchev–Trinajstić information content (AvgIpc) is 2.59. The molecule has 0 aliphatic carbocycles. The molecule has 2 aromatic rings. The van der Waals surface area contributed by atoms with E-state index in [2.05, 4.69) is 5.32 Å². The van der Waals surface area contributed by atoms with Crippen molar-refractivity contribution in [1.29, 1.82) is 0 Å². The Morgan fingerprint density at radius 1 is 1.04 bits per heavy atom. The Labute approximate surface area is 136 Å². The number of ether oxygens (including phenoxy) is 3. The van der Waals surface area contributed by atoms with Crippen LogP contribution in [-0.2, 0) is 11.3 Å². The summed E-state index contributed by atoms with van der Waals surface area (Å²) in [6.07, 6.45) is 0. The number of hydrogen-bond acceptors (Lipinski definition) is 4. The molecule has 0 radical (unpaired) electrons. The zero-order valence-corrected chi connectivity index (χ0v) is 13.4. The highest BCUT2D eigenvalue weighted by Gasteiger charge is 2.06. The summed E-state index contributed by atoms with van der Waals surface area (Å²) in [5, 5.41) is 2.83. The molecule has 0 atom stereocenters. The SMILES string of the molecule is COCc1cccc(C(=O)NCCOc2cccc(OC)c2)c1. The fourth-order valence-corrected chi connectivity index (χ4v) is 2.10. The predicted molar refractivity (Wildman–Crippen MR) is 88.0 cm³/mol. The lowest BCUT2D eigenvalue weighted by atomic mass is 10.1. The number of carbonyl (C=O) groups excluding carboxylic acids is 1. The summed E-state index contributed by atoms with van der Waals surface area (Å²) in [5.74, 6) is 1.32. The van der Waals surface area contributed by atoms with Gasteiger partial charge in [-0.25, -0.2) is 0 Å². The van der Waals surface area contributed by atoms with E-state index < -0.39 is 0 Å². The minimum Gasteiger partial charge on any atom is -0.497 e. The van der Waals surface area contributed by atoms with Crippen molar-refractivity contribution >= 4 is 5.91 Å². The lowest BCUT2D eigenvalue weighted by Gasteiger charge is -2.09. The zero-order chi connectivity index (χ0) is 16.5. The van der Waals surface area contributed by atoms with Gasteiger partial charge in [-0.2, -0.15) is 0 Å². The molecule has 0 unspecified atom stereocenters. The van der Waals surface area contributed by atoms with Gasteiger partial charge in [0, 0.05) is 18.7 Å². The maximum Gasteiger partial charge on any atom is 0.251 e. The number of carbonyl (C=O) groups is 1. The van der Waals surface area contributed by atoms with Gasteiger partial charge in [-0.3, -0.25) is 4.79 Å². The zero-order valence-electron chi connectivity index (χ0n) is 13.4. The topological polar surface area (TPSA) is 56.8 Å². The van der Waals surface area contributed by atoms with Crippen molar-refractivity contribution in [3.63, 3.8) is 0 Å². The van der Waals surface area contributed by atoms with E-state index in [1.807, 2.05) is 36.4 Å². The third-order valence-corrected chi connectivity index (χ3v) is 3.20. The molecule has 0 bridgehead atoms. The van der Waals surface area contributed by atoms with Gasteiger partial charge < -0.3 is 19.5 Å². The molecule has 0 aliphatic heterocycles. The fourth-order valence-electron chi connectivity index (χ4n) is 2.10. The Morgan fingerprint density at radius 2 is 1.83 bits per heavy atom. The second-order valence-corrected chi connectivity index (χ2v) is 4.92. The van der Waals surface area contributed by atoms with Crippen molar-refractivity contribution in [1.82, 2.24) is 5.32 Å². The molecule has 2 aromatic carbocycles. The van der Waals surface area contributed by atoms with E-state index in [0.29, 0.717) is 31.1 Å². The Balaban J connectivity index is 1.79. The molecule has 1 amide bonds. The maximum atomic E-state index is 12.1. The Kier molecular flexibility index (Phi) is 6.44. The van der Waals surface area contributed by atoms with Crippen LogP contribution in [0.15, 0.2) is 48.5 Å². The van der Waals surface area contributed by atoms with Crippen molar-refractivity contribution in [3.05, 3.63) is 59.7 Å². The van der Waals surface area contributed by atoms with E-state index in [1.54, 1.807) is 26.4 Å². The van der Waals surface area contributed by atoms with Crippen LogP contribution in [0.5, 0.6) is 11.5 Å². The fraction of sp³-hybridized carbons (Fsp3) is 0.278. The lowest BCUT2D eigenvalue weighted by molar-refractivity contribution is 0.0946. The summed E-state index contributed by atoms with van der Waals surface area (Å²) in [6.45, 7) is 1.29. The molecule has 0 aliphatic rings. The monoisotopic (exact) mass is 315 g/mol. The van der Waals surface area contributed by atoms with Gasteiger partial charge in [0.15, 0.2) is 0 Å². The Morgan fingerprint density at radius 3 is 2.61 bits per heavy atom. The van der Waals surface area contributed by atoms with Crippen LogP contribution in [0.2, 0.25) is 0 Å². The standard InChI is InChI=1S/C18H21NO4/c1-21-13-14-5-3-6-15(11-14)18(20)19-9-10-23-17-8-4-7-16(12-17)22-2/h3-8,11-12H,9-10,13H2,1-2H3,(H,19,20). The van der Waals surface area contributed by atoms with E-state index >= 15 is 0 Å². The summed E-state index contributed by atoms with van der Waals surface area (Å²) in [6, 6.07) is 14.7. The van der Waals surface area contributed by atoms with E-state index in [9.17, 15) is 4.79 Å². The van der Waals surface area contributed by atoms with Gasteiger partial charge in [-0.15, -0.1) is 0 Å². The second kappa shape index (κ2) is 8.80. The number of methoxy groups -OCH3 is 2. The summed E-state index contributed by atoms with van der Waals surface area (Å²) in [7, 11) is 3.24. The van der Waals surface area contributed by atoms with Gasteiger partial charge in [-0.05, 0) is 29.8 Å². The minimum atomic E-state index is -0.128. The van der Waals surface area contributed by atoms with Gasteiger partial charge in [0.1, 0.15) is 18.1 Å². The molecule has 122 valence electrons. The second-order valence-electron chi connectivity index (χ2n) is 4.92. The highest BCUT2D eigenvalue weighted by Crippen LogP contribution is 2.18. The number of benzene rings is 2. The highest BCUT2D eigenvalue weighted by atomic mass is 16.5. The molecule has 1 N–H and O–H groups in total. The number of hydrogen-bond donors (Lipinski definition) is 1. The number of nitrogens with one attached hydrogen (secondary N) is 1. The molecule has 0 saturated heterocycles. The first-order valence-corrected chi connectivity index (χ1v) is 7.36. The van der Waals surface area contributed by atoms with Crippen molar-refractivity contribution in [3.8, 4) is 11.5 Å². The van der Waals surface area contributed by atoms with Crippen LogP contribution in [0.3, 0.4) is 0 Å². The van der Waals surface area contributed by atoms with Gasteiger partial charge in [0.2, 0.25) is 0 Å². The largest absolute Gasteiger partial charge is 0.497 e. The normalized spacial score (nSPS) is 10.2. The Hall–Kier alpha value is -2.53. The molecule has 23 heavy (non-hydrogen) atoms. The van der Waals surface area contributed by atoms with Crippen LogP contribution in [-0.4, -0.2) is 33.3 Å². The predicted octanol–water partition coefficient (Wildman–Crippen LogP) is 2.65. The van der Waals surface area contributed by atoms with E-state index in [0.717, 1.165) is 11.3 Å². The van der Waals surface area contributed by atoms with Gasteiger partial charge >= 0.3 is 0 Å². The smallest absolute Gasteiger partial charge is 0.251 e. The quantitative estimate of drug-likeness (QED) is 0.761. The lowest BCUT2D eigenvalue weighted by Crippen LogP contribution is -2.28. The van der Waals surface area contributed by atoms with Crippen LogP contribution >= 0.6 is 0 Å². The summed E-state index contributed by atoms with van der Waals surface area (Å²) in [5.41, 5.74) is 1.58. The van der Waals surface area contributed by atoms with Crippen LogP contribution in [0, 0.1) is 0 Å². The Bertz CT molecular complexity index is 642. The molecule has 2 rings (SSSR count). The van der Waals surface area contributed by atoms with Crippen LogP contribution in [0.25, 0.3) is 0 Å². The van der Waals surface area contributed by atoms with Crippen molar-refractivity contribution in [2.75, 3.05) is 27.4 Å². The van der Waals surface area contributed by atoms with Crippen molar-refractivity contribution in [2.45, 2.75) is 6.61 Å². The van der Waals surface area contributed by atoms with Crippen molar-refractivity contribution in [2.24, 2.45) is 0 Å². The molecule has 5 nitrogen and oxygen atoms in total. The van der Waals surface area contributed by atoms with Gasteiger partial charge in [0.25, 0.3) is 5.91 Å². The van der Waals surface area contributed by atoms with Crippen LogP contribution in [0.1, 0.15) is 15.9 Å². The maximum absolute atomic E-state index is 12.1. The molecule has 0 fully saturated rings. The number of rotatable bonds is 8. The molecule has 5 heteroatoms. The molecular formula is C18H21NO4. The van der Waals surface area contributed by atoms with Crippen molar-refractivity contribution < 1.29 is 19.0 Å². The molecular weight excluding hydrogens is 294 g/mol. The molecule has 0 heterocycles. The average molecular weight is 315 g/mol. The summed E-state index contributed by atoms with van der Waals surface area (Å²) < 4.78 is 15.8. The molecule has 0 aromatic heterocycles. The van der Waals surface area contributed by atoms with Gasteiger partial charge in [0.05, 0.1) is 20.3 Å². The first-order valence-electron chi connectivity index (χ1n) is 7.36. The first-order chi connectivity index (χ1) is 11.2. The number of amides is 1. The third kappa shape index (κ3) is 5.30. The molecule has 0 saturated carbocycles. The van der Waals surface area contributed by atoms with E-state index in [4.69, 9.17) is 14.2 Å². The van der Waals surface area contributed by atoms with Crippen LogP contribution < -0.4 is 14.8 Å². The summed E-state index contributed by atoms with van der Waals surface area (Å²) >= 11 is 0. The van der Waals surface area contributed by atoms with E-state index in [1.165, 1.54) is 0 Å². The highest BCUT2D eigenvalue weighted by molar-refractivity contribution is 5.94.